The summed E-state index contributed by atoms with van der Waals surface area (Å²) in [6.07, 6.45) is -0.902. The monoisotopic (exact) mass is 365 g/mol. The van der Waals surface area contributed by atoms with Crippen molar-refractivity contribution >= 4 is 40.5 Å². The van der Waals surface area contributed by atoms with Crippen molar-refractivity contribution in [3.63, 3.8) is 0 Å². The first-order chi connectivity index (χ1) is 11.2. The van der Waals surface area contributed by atoms with Gasteiger partial charge in [-0.15, -0.1) is 11.3 Å². The molecular formula is C18H20ClNO3S. The highest BCUT2D eigenvalue weighted by Crippen LogP contribution is 2.24. The first-order valence-electron chi connectivity index (χ1n) is 7.54. The van der Waals surface area contributed by atoms with Crippen molar-refractivity contribution in [3.05, 3.63) is 51.2 Å². The summed E-state index contributed by atoms with van der Waals surface area (Å²) >= 11 is 6.90. The maximum absolute atomic E-state index is 12.2. The Morgan fingerprint density at radius 1 is 1.12 bits per heavy atom. The van der Waals surface area contributed by atoms with E-state index in [1.807, 2.05) is 24.3 Å². The summed E-state index contributed by atoms with van der Waals surface area (Å²) in [5.74, 6) is -0.938. The molecule has 2 aromatic rings. The van der Waals surface area contributed by atoms with E-state index in [0.29, 0.717) is 14.9 Å². The van der Waals surface area contributed by atoms with Crippen LogP contribution >= 0.6 is 22.9 Å². The first-order valence-corrected chi connectivity index (χ1v) is 8.74. The van der Waals surface area contributed by atoms with E-state index < -0.39 is 12.1 Å². The summed E-state index contributed by atoms with van der Waals surface area (Å²) in [5, 5.41) is 2.74. The number of anilines is 1. The number of halogens is 1. The van der Waals surface area contributed by atoms with Gasteiger partial charge in [0.05, 0.1) is 4.34 Å². The number of benzene rings is 1. The minimum atomic E-state index is -0.902. The molecule has 1 amide bonds. The van der Waals surface area contributed by atoms with Crippen LogP contribution in [0.2, 0.25) is 4.34 Å². The molecule has 0 aliphatic carbocycles. The Morgan fingerprint density at radius 2 is 1.75 bits per heavy atom. The second-order valence-corrected chi connectivity index (χ2v) is 8.18. The number of thiophene rings is 1. The number of ether oxygens (including phenoxy) is 1. The zero-order valence-corrected chi connectivity index (χ0v) is 15.6. The van der Waals surface area contributed by atoms with Gasteiger partial charge in [-0.05, 0) is 42.2 Å². The van der Waals surface area contributed by atoms with Crippen LogP contribution in [0, 0.1) is 0 Å². The first kappa shape index (κ1) is 18.5. The predicted octanol–water partition coefficient (Wildman–Crippen LogP) is 4.88. The Labute approximate surface area is 150 Å². The molecule has 1 atom stereocenters. The van der Waals surface area contributed by atoms with E-state index in [0.717, 1.165) is 11.3 Å². The fourth-order valence-electron chi connectivity index (χ4n) is 1.99. The lowest BCUT2D eigenvalue weighted by atomic mass is 9.87. The molecule has 1 aromatic heterocycles. The van der Waals surface area contributed by atoms with Crippen molar-refractivity contribution in [1.82, 2.24) is 0 Å². The van der Waals surface area contributed by atoms with Crippen LogP contribution in [0.1, 0.15) is 42.9 Å². The van der Waals surface area contributed by atoms with Crippen molar-refractivity contribution < 1.29 is 14.3 Å². The largest absolute Gasteiger partial charge is 0.448 e. The van der Waals surface area contributed by atoms with Crippen LogP contribution in [0.3, 0.4) is 0 Å². The Bertz CT molecular complexity index is 731. The smallest absolute Gasteiger partial charge is 0.349 e. The van der Waals surface area contributed by atoms with E-state index >= 15 is 0 Å². The molecule has 0 aliphatic heterocycles. The number of hydrogen-bond donors (Lipinski definition) is 1. The molecule has 2 rings (SSSR count). The van der Waals surface area contributed by atoms with Crippen LogP contribution in [0.4, 0.5) is 5.69 Å². The lowest BCUT2D eigenvalue weighted by Gasteiger charge is -2.19. The number of nitrogens with one attached hydrogen (secondary N) is 1. The minimum absolute atomic E-state index is 0.0490. The third-order valence-corrected chi connectivity index (χ3v) is 4.66. The van der Waals surface area contributed by atoms with Crippen LogP contribution in [0.25, 0.3) is 0 Å². The molecule has 4 nitrogen and oxygen atoms in total. The van der Waals surface area contributed by atoms with Gasteiger partial charge in [0.15, 0.2) is 6.10 Å². The Kier molecular flexibility index (Phi) is 5.67. The molecule has 24 heavy (non-hydrogen) atoms. The van der Waals surface area contributed by atoms with Crippen molar-refractivity contribution in [3.8, 4) is 0 Å². The molecule has 0 bridgehead atoms. The summed E-state index contributed by atoms with van der Waals surface area (Å²) < 4.78 is 5.66. The van der Waals surface area contributed by atoms with Gasteiger partial charge in [-0.2, -0.15) is 0 Å². The summed E-state index contributed by atoms with van der Waals surface area (Å²) in [6.45, 7) is 7.91. The maximum Gasteiger partial charge on any atom is 0.349 e. The maximum atomic E-state index is 12.2. The topological polar surface area (TPSA) is 55.4 Å². The highest BCUT2D eigenvalue weighted by Gasteiger charge is 2.20. The quantitative estimate of drug-likeness (QED) is 0.785. The van der Waals surface area contributed by atoms with Gasteiger partial charge in [-0.25, -0.2) is 4.79 Å². The molecule has 0 aliphatic rings. The van der Waals surface area contributed by atoms with Gasteiger partial charge in [0.2, 0.25) is 0 Å². The number of rotatable bonds is 4. The average molecular weight is 366 g/mol. The summed E-state index contributed by atoms with van der Waals surface area (Å²) in [6, 6.07) is 10.8. The molecule has 0 saturated heterocycles. The zero-order chi connectivity index (χ0) is 17.9. The molecule has 0 spiro atoms. The molecule has 0 saturated carbocycles. The third-order valence-electron chi connectivity index (χ3n) is 3.45. The number of carbonyl (C=O) groups is 2. The second kappa shape index (κ2) is 7.36. The number of hydrogen-bond acceptors (Lipinski definition) is 4. The van der Waals surface area contributed by atoms with Gasteiger partial charge in [0, 0.05) is 5.69 Å². The molecule has 1 N–H and O–H groups in total. The van der Waals surface area contributed by atoms with Crippen molar-refractivity contribution in [2.75, 3.05) is 5.32 Å². The molecule has 1 heterocycles. The molecular weight excluding hydrogens is 346 g/mol. The molecule has 0 fully saturated rings. The molecule has 0 radical (unpaired) electrons. The van der Waals surface area contributed by atoms with Crippen LogP contribution in [-0.2, 0) is 14.9 Å². The lowest BCUT2D eigenvalue weighted by Crippen LogP contribution is -2.29. The van der Waals surface area contributed by atoms with Gasteiger partial charge < -0.3 is 10.1 Å². The summed E-state index contributed by atoms with van der Waals surface area (Å²) in [4.78, 5) is 24.5. The van der Waals surface area contributed by atoms with Gasteiger partial charge in [0.1, 0.15) is 4.88 Å². The second-order valence-electron chi connectivity index (χ2n) is 6.47. The Hall–Kier alpha value is -1.85. The van der Waals surface area contributed by atoms with Crippen LogP contribution in [-0.4, -0.2) is 18.0 Å². The SMILES string of the molecule is C[C@H](OC(=O)c1ccc(Cl)s1)C(=O)Nc1ccc(C(C)(C)C)cc1. The van der Waals surface area contributed by atoms with Gasteiger partial charge >= 0.3 is 5.97 Å². The highest BCUT2D eigenvalue weighted by atomic mass is 35.5. The van der Waals surface area contributed by atoms with E-state index in [4.69, 9.17) is 16.3 Å². The Morgan fingerprint density at radius 3 is 2.25 bits per heavy atom. The van der Waals surface area contributed by atoms with Gasteiger partial charge in [0.25, 0.3) is 5.91 Å². The fourth-order valence-corrected chi connectivity index (χ4v) is 2.92. The third kappa shape index (κ3) is 4.82. The summed E-state index contributed by atoms with van der Waals surface area (Å²) in [5.41, 5.74) is 1.89. The van der Waals surface area contributed by atoms with Crippen LogP contribution < -0.4 is 5.32 Å². The van der Waals surface area contributed by atoms with E-state index in [1.165, 1.54) is 12.5 Å². The predicted molar refractivity (Wildman–Crippen MR) is 98.0 cm³/mol. The van der Waals surface area contributed by atoms with Crippen molar-refractivity contribution in [1.29, 1.82) is 0 Å². The van der Waals surface area contributed by atoms with Gasteiger partial charge in [-0.3, -0.25) is 4.79 Å². The van der Waals surface area contributed by atoms with Crippen LogP contribution in [0.5, 0.6) is 0 Å². The van der Waals surface area contributed by atoms with Gasteiger partial charge in [-0.1, -0.05) is 44.5 Å². The van der Waals surface area contributed by atoms with E-state index in [2.05, 4.69) is 26.1 Å². The zero-order valence-electron chi connectivity index (χ0n) is 14.1. The number of esters is 1. The Balaban J connectivity index is 1.95. The number of carbonyl (C=O) groups excluding carboxylic acids is 2. The van der Waals surface area contributed by atoms with Crippen LogP contribution in [0.15, 0.2) is 36.4 Å². The number of amides is 1. The van der Waals surface area contributed by atoms with Crippen molar-refractivity contribution in [2.24, 2.45) is 0 Å². The van der Waals surface area contributed by atoms with E-state index in [-0.39, 0.29) is 11.3 Å². The normalized spacial score (nSPS) is 12.5. The average Bonchev–Trinajstić information content (AvgIpc) is 2.93. The fraction of sp³-hybridized carbons (Fsp3) is 0.333. The summed E-state index contributed by atoms with van der Waals surface area (Å²) in [7, 11) is 0. The van der Waals surface area contributed by atoms with Crippen molar-refractivity contribution in [2.45, 2.75) is 39.2 Å². The minimum Gasteiger partial charge on any atom is -0.448 e. The van der Waals surface area contributed by atoms with E-state index in [9.17, 15) is 9.59 Å². The molecule has 1 aromatic carbocycles. The highest BCUT2D eigenvalue weighted by molar-refractivity contribution is 7.17. The molecule has 0 unspecified atom stereocenters. The van der Waals surface area contributed by atoms with E-state index in [1.54, 1.807) is 12.1 Å². The molecule has 6 heteroatoms. The standard InChI is InChI=1S/C18H20ClNO3S/c1-11(23-17(22)14-9-10-15(19)24-14)16(21)20-13-7-5-12(6-8-13)18(2,3)4/h5-11H,1-4H3,(H,20,21)/t11-/m0/s1. The molecule has 128 valence electrons. The lowest BCUT2D eigenvalue weighted by molar-refractivity contribution is -0.123.